The van der Waals surface area contributed by atoms with Crippen molar-refractivity contribution >= 4 is 6.09 Å². The van der Waals surface area contributed by atoms with E-state index < -0.39 is 5.60 Å². The lowest BCUT2D eigenvalue weighted by Crippen LogP contribution is -2.33. The first-order valence-corrected chi connectivity index (χ1v) is 9.67. The molecule has 1 amide bonds. The van der Waals surface area contributed by atoms with E-state index in [2.05, 4.69) is 30.4 Å². The van der Waals surface area contributed by atoms with Crippen molar-refractivity contribution in [3.63, 3.8) is 0 Å². The van der Waals surface area contributed by atoms with Gasteiger partial charge >= 0.3 is 6.09 Å². The zero-order valence-electron chi connectivity index (χ0n) is 16.1. The van der Waals surface area contributed by atoms with Gasteiger partial charge in [-0.25, -0.2) is 4.79 Å². The predicted molar refractivity (Wildman–Crippen MR) is 100 cm³/mol. The number of nitrogens with one attached hydrogen (secondary N) is 1. The first-order chi connectivity index (χ1) is 11.9. The van der Waals surface area contributed by atoms with E-state index in [4.69, 9.17) is 4.74 Å². The minimum Gasteiger partial charge on any atom is -0.444 e. The van der Waals surface area contributed by atoms with Crippen LogP contribution in [-0.2, 0) is 24.4 Å². The van der Waals surface area contributed by atoms with Crippen LogP contribution >= 0.6 is 0 Å². The van der Waals surface area contributed by atoms with Crippen molar-refractivity contribution in [2.75, 3.05) is 0 Å². The Balaban J connectivity index is 1.57. The number of benzene rings is 1. The number of carbonyl (C=O) groups excluding carboxylic acids is 1. The Morgan fingerprint density at radius 3 is 2.72 bits per heavy atom. The van der Waals surface area contributed by atoms with Gasteiger partial charge in [-0.1, -0.05) is 38.0 Å². The highest BCUT2D eigenvalue weighted by atomic mass is 16.6. The Morgan fingerprint density at radius 1 is 1.24 bits per heavy atom. The van der Waals surface area contributed by atoms with Crippen LogP contribution in [0, 0.1) is 5.92 Å². The minimum atomic E-state index is -0.446. The topological polar surface area (TPSA) is 41.6 Å². The van der Waals surface area contributed by atoms with Crippen molar-refractivity contribution in [2.45, 2.75) is 84.7 Å². The number of amides is 1. The zero-order valence-corrected chi connectivity index (χ0v) is 16.1. The van der Waals surface area contributed by atoms with Crippen LogP contribution in [0.4, 0.5) is 4.79 Å². The van der Waals surface area contributed by atoms with E-state index in [1.54, 1.807) is 4.90 Å². The zero-order chi connectivity index (χ0) is 18.0. The Hall–Kier alpha value is -1.55. The summed E-state index contributed by atoms with van der Waals surface area (Å²) < 4.78 is 5.50. The molecule has 3 rings (SSSR count). The van der Waals surface area contributed by atoms with Crippen LogP contribution in [0.3, 0.4) is 0 Å². The maximum absolute atomic E-state index is 12.3. The molecular formula is C21H32N2O2. The maximum Gasteiger partial charge on any atom is 0.410 e. The average Bonchev–Trinajstić information content (AvgIpc) is 3.16. The summed E-state index contributed by atoms with van der Waals surface area (Å²) in [5.74, 6) is 0.831. The molecule has 1 N–H and O–H groups in total. The molecule has 2 unspecified atom stereocenters. The smallest absolute Gasteiger partial charge is 0.410 e. The lowest BCUT2D eigenvalue weighted by Gasteiger charge is -2.24. The van der Waals surface area contributed by atoms with Gasteiger partial charge in [0.1, 0.15) is 5.60 Å². The molecule has 1 fully saturated rings. The molecule has 1 aromatic rings. The van der Waals surface area contributed by atoms with Crippen LogP contribution in [0.1, 0.15) is 70.1 Å². The van der Waals surface area contributed by atoms with E-state index >= 15 is 0 Å². The number of ether oxygens (including phenoxy) is 1. The SMILES string of the molecule is CCC1CCCC1NCc1ccc2c(c1)CN(C(=O)OC(C)(C)C)C2. The lowest BCUT2D eigenvalue weighted by atomic mass is 10.00. The molecule has 0 bridgehead atoms. The molecule has 1 saturated carbocycles. The molecule has 2 atom stereocenters. The van der Waals surface area contributed by atoms with Crippen molar-refractivity contribution in [1.29, 1.82) is 0 Å². The van der Waals surface area contributed by atoms with Crippen LogP contribution in [0.2, 0.25) is 0 Å². The fourth-order valence-electron chi connectivity index (χ4n) is 4.06. The van der Waals surface area contributed by atoms with Crippen LogP contribution in [0.5, 0.6) is 0 Å². The summed E-state index contributed by atoms with van der Waals surface area (Å²) in [5, 5.41) is 3.75. The minimum absolute atomic E-state index is 0.222. The molecule has 25 heavy (non-hydrogen) atoms. The van der Waals surface area contributed by atoms with E-state index in [1.165, 1.54) is 42.4 Å². The van der Waals surface area contributed by atoms with Gasteiger partial charge in [0.25, 0.3) is 0 Å². The molecule has 1 aliphatic carbocycles. The summed E-state index contributed by atoms with van der Waals surface area (Å²) in [7, 11) is 0. The number of nitrogens with zero attached hydrogens (tertiary/aromatic N) is 1. The Bertz CT molecular complexity index is 621. The fraction of sp³-hybridized carbons (Fsp3) is 0.667. The summed E-state index contributed by atoms with van der Waals surface area (Å²) in [5.41, 5.74) is 3.36. The number of carbonyl (C=O) groups is 1. The second kappa shape index (κ2) is 7.36. The summed E-state index contributed by atoms with van der Waals surface area (Å²) in [4.78, 5) is 14.1. The van der Waals surface area contributed by atoms with Crippen molar-refractivity contribution in [1.82, 2.24) is 10.2 Å². The van der Waals surface area contributed by atoms with Gasteiger partial charge in [0.2, 0.25) is 0 Å². The van der Waals surface area contributed by atoms with Gasteiger partial charge in [-0.05, 0) is 56.2 Å². The van der Waals surface area contributed by atoms with Gasteiger partial charge in [0.15, 0.2) is 0 Å². The largest absolute Gasteiger partial charge is 0.444 e. The predicted octanol–water partition coefficient (Wildman–Crippen LogP) is 4.61. The standard InChI is InChI=1S/C21H32N2O2/c1-5-16-7-6-8-19(16)22-12-15-9-10-17-13-23(14-18(17)11-15)20(24)25-21(2,3)4/h9-11,16,19,22H,5-8,12-14H2,1-4H3. The summed E-state index contributed by atoms with van der Waals surface area (Å²) >= 11 is 0. The van der Waals surface area contributed by atoms with Gasteiger partial charge in [-0.2, -0.15) is 0 Å². The molecule has 0 saturated heterocycles. The van der Waals surface area contributed by atoms with Crippen LogP contribution in [0.25, 0.3) is 0 Å². The third-order valence-electron chi connectivity index (χ3n) is 5.40. The van der Waals surface area contributed by atoms with Gasteiger partial charge in [0.05, 0.1) is 0 Å². The third-order valence-corrected chi connectivity index (χ3v) is 5.40. The highest BCUT2D eigenvalue weighted by Crippen LogP contribution is 2.29. The van der Waals surface area contributed by atoms with Crippen LogP contribution in [0.15, 0.2) is 18.2 Å². The molecule has 0 spiro atoms. The van der Waals surface area contributed by atoms with Crippen LogP contribution < -0.4 is 5.32 Å². The number of hydrogen-bond donors (Lipinski definition) is 1. The molecular weight excluding hydrogens is 312 g/mol. The molecule has 4 nitrogen and oxygen atoms in total. The molecule has 2 aliphatic rings. The molecule has 0 radical (unpaired) electrons. The van der Waals surface area contributed by atoms with Crippen molar-refractivity contribution in [2.24, 2.45) is 5.92 Å². The quantitative estimate of drug-likeness (QED) is 0.867. The molecule has 138 valence electrons. The normalized spacial score (nSPS) is 23.0. The highest BCUT2D eigenvalue weighted by Gasteiger charge is 2.28. The van der Waals surface area contributed by atoms with E-state index in [0.717, 1.165) is 12.5 Å². The third kappa shape index (κ3) is 4.55. The molecule has 1 aliphatic heterocycles. The highest BCUT2D eigenvalue weighted by molar-refractivity contribution is 5.69. The Morgan fingerprint density at radius 2 is 2.00 bits per heavy atom. The van der Waals surface area contributed by atoms with Crippen molar-refractivity contribution in [3.05, 3.63) is 34.9 Å². The number of rotatable bonds is 4. The van der Waals surface area contributed by atoms with E-state index in [9.17, 15) is 4.79 Å². The number of hydrogen-bond acceptors (Lipinski definition) is 3. The molecule has 4 heteroatoms. The van der Waals surface area contributed by atoms with Crippen molar-refractivity contribution in [3.8, 4) is 0 Å². The van der Waals surface area contributed by atoms with Gasteiger partial charge in [-0.15, -0.1) is 0 Å². The first-order valence-electron chi connectivity index (χ1n) is 9.67. The van der Waals surface area contributed by atoms with E-state index in [1.807, 2.05) is 20.8 Å². The van der Waals surface area contributed by atoms with E-state index in [-0.39, 0.29) is 6.09 Å². The average molecular weight is 344 g/mol. The molecule has 1 heterocycles. The Labute approximate surface area is 151 Å². The lowest BCUT2D eigenvalue weighted by molar-refractivity contribution is 0.0242. The summed E-state index contributed by atoms with van der Waals surface area (Å²) in [6, 6.07) is 7.28. The fourth-order valence-corrected chi connectivity index (χ4v) is 4.06. The van der Waals surface area contributed by atoms with Crippen LogP contribution in [-0.4, -0.2) is 22.6 Å². The molecule has 1 aromatic carbocycles. The summed E-state index contributed by atoms with van der Waals surface area (Å²) in [6.45, 7) is 10.2. The van der Waals surface area contributed by atoms with Gasteiger partial charge < -0.3 is 10.1 Å². The van der Waals surface area contributed by atoms with E-state index in [0.29, 0.717) is 19.1 Å². The molecule has 0 aromatic heterocycles. The van der Waals surface area contributed by atoms with Gasteiger partial charge in [0, 0.05) is 25.7 Å². The van der Waals surface area contributed by atoms with Crippen molar-refractivity contribution < 1.29 is 9.53 Å². The van der Waals surface area contributed by atoms with Gasteiger partial charge in [-0.3, -0.25) is 4.90 Å². The second-order valence-corrected chi connectivity index (χ2v) is 8.53. The second-order valence-electron chi connectivity index (χ2n) is 8.53. The summed E-state index contributed by atoms with van der Waals surface area (Å²) in [6.07, 6.45) is 5.07. The first kappa shape index (κ1) is 18.2. The number of fused-ring (bicyclic) bond motifs is 1. The monoisotopic (exact) mass is 344 g/mol. The maximum atomic E-state index is 12.3. The Kier molecular flexibility index (Phi) is 5.38.